The van der Waals surface area contributed by atoms with Gasteiger partial charge in [-0.15, -0.1) is 0 Å². The molecular weight excluding hydrogens is 251 g/mol. The largest absolute Gasteiger partial charge is 0.373 e. The van der Waals surface area contributed by atoms with Gasteiger partial charge in [-0.25, -0.2) is 4.39 Å². The molecule has 3 rings (SSSR count). The molecule has 0 atom stereocenters. The summed E-state index contributed by atoms with van der Waals surface area (Å²) in [4.78, 5) is 6.86. The first-order valence-electron chi connectivity index (χ1n) is 6.91. The highest BCUT2D eigenvalue weighted by molar-refractivity contribution is 5.61. The van der Waals surface area contributed by atoms with Crippen molar-refractivity contribution in [1.82, 2.24) is 4.98 Å². The van der Waals surface area contributed by atoms with E-state index in [1.807, 2.05) is 18.3 Å². The van der Waals surface area contributed by atoms with Crippen LogP contribution in [0, 0.1) is 5.82 Å². The zero-order valence-electron chi connectivity index (χ0n) is 12.2. The summed E-state index contributed by atoms with van der Waals surface area (Å²) in [7, 11) is 2.12. The van der Waals surface area contributed by atoms with Gasteiger partial charge in [-0.1, -0.05) is 26.0 Å². The number of rotatable bonds is 2. The molecule has 2 heterocycles. The van der Waals surface area contributed by atoms with E-state index in [-0.39, 0.29) is 11.2 Å². The first kappa shape index (κ1) is 13.1. The van der Waals surface area contributed by atoms with Gasteiger partial charge in [0.2, 0.25) is 0 Å². The molecular formula is C17H19FN2. The van der Waals surface area contributed by atoms with Crippen molar-refractivity contribution in [2.24, 2.45) is 0 Å². The number of halogens is 1. The molecule has 0 amide bonds. The lowest BCUT2D eigenvalue weighted by Crippen LogP contribution is -2.24. The van der Waals surface area contributed by atoms with E-state index in [1.54, 1.807) is 0 Å². The second-order valence-electron chi connectivity index (χ2n) is 6.24. The van der Waals surface area contributed by atoms with Crippen LogP contribution in [0.5, 0.6) is 0 Å². The summed E-state index contributed by atoms with van der Waals surface area (Å²) >= 11 is 0. The summed E-state index contributed by atoms with van der Waals surface area (Å²) in [5, 5.41) is 0. The summed E-state index contributed by atoms with van der Waals surface area (Å²) < 4.78 is 12.9. The zero-order chi connectivity index (χ0) is 14.3. The van der Waals surface area contributed by atoms with Crippen molar-refractivity contribution < 1.29 is 4.39 Å². The SMILES string of the molecule is CN1CC(C)(C)c2cnc(Cc3ccc(F)cc3)cc21. The van der Waals surface area contributed by atoms with E-state index in [1.165, 1.54) is 23.4 Å². The summed E-state index contributed by atoms with van der Waals surface area (Å²) in [6.07, 6.45) is 2.74. The Kier molecular flexibility index (Phi) is 3.00. The fraction of sp³-hybridized carbons (Fsp3) is 0.353. The van der Waals surface area contributed by atoms with Crippen LogP contribution in [0.4, 0.5) is 10.1 Å². The average molecular weight is 270 g/mol. The van der Waals surface area contributed by atoms with E-state index >= 15 is 0 Å². The number of fused-ring (bicyclic) bond motifs is 1. The molecule has 20 heavy (non-hydrogen) atoms. The maximum absolute atomic E-state index is 12.9. The molecule has 2 aromatic rings. The van der Waals surface area contributed by atoms with Crippen molar-refractivity contribution in [3.63, 3.8) is 0 Å². The van der Waals surface area contributed by atoms with Crippen LogP contribution in [0.15, 0.2) is 36.5 Å². The second kappa shape index (κ2) is 4.58. The minimum Gasteiger partial charge on any atom is -0.373 e. The summed E-state index contributed by atoms with van der Waals surface area (Å²) in [5.41, 5.74) is 4.84. The first-order valence-corrected chi connectivity index (χ1v) is 6.91. The molecule has 0 bridgehead atoms. The van der Waals surface area contributed by atoms with Gasteiger partial charge >= 0.3 is 0 Å². The summed E-state index contributed by atoms with van der Waals surface area (Å²) in [6, 6.07) is 8.79. The molecule has 2 nitrogen and oxygen atoms in total. The Labute approximate surface area is 119 Å². The van der Waals surface area contributed by atoms with Gasteiger partial charge in [0.1, 0.15) is 5.82 Å². The van der Waals surface area contributed by atoms with Gasteiger partial charge in [-0.3, -0.25) is 4.98 Å². The molecule has 1 aliphatic rings. The fourth-order valence-corrected chi connectivity index (χ4v) is 3.00. The van der Waals surface area contributed by atoms with Crippen LogP contribution in [0.25, 0.3) is 0 Å². The smallest absolute Gasteiger partial charge is 0.123 e. The monoisotopic (exact) mass is 270 g/mol. The topological polar surface area (TPSA) is 16.1 Å². The highest BCUT2D eigenvalue weighted by Crippen LogP contribution is 2.39. The molecule has 3 heteroatoms. The molecule has 1 aromatic carbocycles. The van der Waals surface area contributed by atoms with Crippen LogP contribution >= 0.6 is 0 Å². The maximum atomic E-state index is 12.9. The van der Waals surface area contributed by atoms with E-state index in [0.717, 1.165) is 24.2 Å². The van der Waals surface area contributed by atoms with Gasteiger partial charge in [0.15, 0.2) is 0 Å². The van der Waals surface area contributed by atoms with Crippen molar-refractivity contribution in [3.05, 3.63) is 59.2 Å². The van der Waals surface area contributed by atoms with Gasteiger partial charge in [-0.05, 0) is 23.8 Å². The molecule has 104 valence electrons. The third kappa shape index (κ3) is 2.28. The van der Waals surface area contributed by atoms with Crippen LogP contribution in [-0.2, 0) is 11.8 Å². The van der Waals surface area contributed by atoms with Crippen LogP contribution in [0.3, 0.4) is 0 Å². The van der Waals surface area contributed by atoms with Gasteiger partial charge in [0, 0.05) is 48.6 Å². The molecule has 0 N–H and O–H groups in total. The lowest BCUT2D eigenvalue weighted by Gasteiger charge is -2.18. The predicted molar refractivity (Wildman–Crippen MR) is 79.7 cm³/mol. The minimum absolute atomic E-state index is 0.158. The third-order valence-corrected chi connectivity index (χ3v) is 4.01. The molecule has 1 aromatic heterocycles. The fourth-order valence-electron chi connectivity index (χ4n) is 3.00. The number of likely N-dealkylation sites (N-methyl/N-ethyl adjacent to an activating group) is 1. The van der Waals surface area contributed by atoms with E-state index in [0.29, 0.717) is 0 Å². The summed E-state index contributed by atoms with van der Waals surface area (Å²) in [5.74, 6) is -0.197. The Morgan fingerprint density at radius 1 is 1.25 bits per heavy atom. The molecule has 0 saturated heterocycles. The molecule has 0 fully saturated rings. The number of anilines is 1. The second-order valence-corrected chi connectivity index (χ2v) is 6.24. The molecule has 0 aliphatic carbocycles. The number of hydrogen-bond donors (Lipinski definition) is 0. The number of hydrogen-bond acceptors (Lipinski definition) is 2. The van der Waals surface area contributed by atoms with Crippen molar-refractivity contribution in [1.29, 1.82) is 0 Å². The Morgan fingerprint density at radius 2 is 1.95 bits per heavy atom. The molecule has 0 saturated carbocycles. The minimum atomic E-state index is -0.197. The van der Waals surface area contributed by atoms with Crippen LogP contribution in [0.2, 0.25) is 0 Å². The van der Waals surface area contributed by atoms with E-state index in [4.69, 9.17) is 0 Å². The quantitative estimate of drug-likeness (QED) is 0.829. The van der Waals surface area contributed by atoms with Crippen molar-refractivity contribution in [2.45, 2.75) is 25.7 Å². The molecule has 0 radical (unpaired) electrons. The standard InChI is InChI=1S/C17H19FN2/c1-17(2)11-20(3)16-9-14(19-10-15(16)17)8-12-4-6-13(18)7-5-12/h4-7,9-10H,8,11H2,1-3H3. The van der Waals surface area contributed by atoms with Crippen LogP contribution < -0.4 is 4.90 Å². The highest BCUT2D eigenvalue weighted by Gasteiger charge is 2.33. The molecule has 0 unspecified atom stereocenters. The average Bonchev–Trinajstić information content (AvgIpc) is 2.62. The Balaban J connectivity index is 1.90. The van der Waals surface area contributed by atoms with Crippen LogP contribution in [0.1, 0.15) is 30.7 Å². The highest BCUT2D eigenvalue weighted by atomic mass is 19.1. The number of pyridine rings is 1. The van der Waals surface area contributed by atoms with Crippen molar-refractivity contribution in [2.75, 3.05) is 18.5 Å². The van der Waals surface area contributed by atoms with E-state index < -0.39 is 0 Å². The normalized spacial score (nSPS) is 16.3. The van der Waals surface area contributed by atoms with E-state index in [2.05, 4.69) is 36.8 Å². The van der Waals surface area contributed by atoms with E-state index in [9.17, 15) is 4.39 Å². The number of aromatic nitrogens is 1. The lowest BCUT2D eigenvalue weighted by molar-refractivity contribution is 0.561. The molecule has 0 spiro atoms. The van der Waals surface area contributed by atoms with Crippen molar-refractivity contribution in [3.8, 4) is 0 Å². The third-order valence-electron chi connectivity index (χ3n) is 4.01. The summed E-state index contributed by atoms with van der Waals surface area (Å²) in [6.45, 7) is 5.51. The Bertz CT molecular complexity index is 632. The Morgan fingerprint density at radius 3 is 2.65 bits per heavy atom. The predicted octanol–water partition coefficient (Wildman–Crippen LogP) is 3.54. The van der Waals surface area contributed by atoms with Gasteiger partial charge in [-0.2, -0.15) is 0 Å². The maximum Gasteiger partial charge on any atom is 0.123 e. The zero-order valence-corrected chi connectivity index (χ0v) is 12.2. The van der Waals surface area contributed by atoms with Crippen LogP contribution in [-0.4, -0.2) is 18.6 Å². The van der Waals surface area contributed by atoms with Gasteiger partial charge in [0.05, 0.1) is 0 Å². The number of nitrogens with zero attached hydrogens (tertiary/aromatic N) is 2. The number of benzene rings is 1. The lowest BCUT2D eigenvalue weighted by atomic mass is 9.88. The Hall–Kier alpha value is -1.90. The molecule has 1 aliphatic heterocycles. The van der Waals surface area contributed by atoms with Crippen molar-refractivity contribution >= 4 is 5.69 Å². The van der Waals surface area contributed by atoms with Gasteiger partial charge in [0.25, 0.3) is 0 Å². The van der Waals surface area contributed by atoms with Gasteiger partial charge < -0.3 is 4.90 Å². The first-order chi connectivity index (χ1) is 9.45.